The Bertz CT molecular complexity index is 793. The van der Waals surface area contributed by atoms with Gasteiger partial charge in [0.2, 0.25) is 0 Å². The molecule has 0 spiro atoms. The van der Waals surface area contributed by atoms with Gasteiger partial charge in [0.15, 0.2) is 0 Å². The summed E-state index contributed by atoms with van der Waals surface area (Å²) in [7, 11) is 0. The monoisotopic (exact) mass is 308 g/mol. The number of hydrogen-bond donors (Lipinski definition) is 0. The van der Waals surface area contributed by atoms with Crippen molar-refractivity contribution in [1.82, 2.24) is 4.98 Å². The summed E-state index contributed by atoms with van der Waals surface area (Å²) in [5, 5.41) is 0. The average Bonchev–Trinajstić information content (AvgIpc) is 2.58. The first-order valence-electron chi connectivity index (χ1n) is 7.43. The summed E-state index contributed by atoms with van der Waals surface area (Å²) in [5.74, 6) is -0.508. The molecule has 115 valence electrons. The summed E-state index contributed by atoms with van der Waals surface area (Å²) < 4.78 is 26.1. The number of nitrogens with zero attached hydrogens (tertiary/aromatic N) is 1. The Morgan fingerprint density at radius 1 is 0.826 bits per heavy atom. The fourth-order valence-electron chi connectivity index (χ4n) is 2.55. The molecule has 0 unspecified atom stereocenters. The third-order valence-electron chi connectivity index (χ3n) is 3.74. The smallest absolute Gasteiger partial charge is 0.123 e. The van der Waals surface area contributed by atoms with E-state index in [1.54, 1.807) is 24.3 Å². The zero-order valence-corrected chi connectivity index (χ0v) is 12.6. The first-order valence-corrected chi connectivity index (χ1v) is 7.43. The molecule has 2 aromatic carbocycles. The van der Waals surface area contributed by atoms with Gasteiger partial charge in [-0.2, -0.15) is 0 Å². The maximum atomic E-state index is 13.1. The van der Waals surface area contributed by atoms with Gasteiger partial charge in [-0.15, -0.1) is 0 Å². The zero-order chi connectivity index (χ0) is 16.2. The van der Waals surface area contributed by atoms with Crippen LogP contribution in [0.2, 0.25) is 0 Å². The second-order valence-corrected chi connectivity index (χ2v) is 5.40. The Morgan fingerprint density at radius 3 is 2.04 bits per heavy atom. The van der Waals surface area contributed by atoms with Crippen LogP contribution < -0.4 is 0 Å². The van der Waals surface area contributed by atoms with Gasteiger partial charge >= 0.3 is 0 Å². The van der Waals surface area contributed by atoms with Gasteiger partial charge in [-0.25, -0.2) is 8.78 Å². The van der Waals surface area contributed by atoms with E-state index in [-0.39, 0.29) is 11.6 Å². The summed E-state index contributed by atoms with van der Waals surface area (Å²) in [5.41, 5.74) is 4.78. The van der Waals surface area contributed by atoms with Gasteiger partial charge < -0.3 is 0 Å². The molecule has 0 aliphatic rings. The third-order valence-corrected chi connectivity index (χ3v) is 3.74. The van der Waals surface area contributed by atoms with E-state index >= 15 is 0 Å². The SMILES string of the molecule is [CH2]Cc1ncc(Cc2ccc(F)cc2)cc1-c1ccc(F)cc1. The summed E-state index contributed by atoms with van der Waals surface area (Å²) in [6.07, 6.45) is 3.04. The molecule has 0 amide bonds. The molecule has 1 radical (unpaired) electrons. The fourth-order valence-corrected chi connectivity index (χ4v) is 2.55. The van der Waals surface area contributed by atoms with Crippen LogP contribution in [0.25, 0.3) is 11.1 Å². The number of halogens is 2. The normalized spacial score (nSPS) is 10.7. The van der Waals surface area contributed by atoms with Crippen molar-refractivity contribution in [3.05, 3.63) is 96.2 Å². The molecule has 0 aliphatic heterocycles. The second-order valence-electron chi connectivity index (χ2n) is 5.40. The lowest BCUT2D eigenvalue weighted by molar-refractivity contribution is 0.627. The first kappa shape index (κ1) is 15.3. The zero-order valence-electron chi connectivity index (χ0n) is 12.6. The van der Waals surface area contributed by atoms with E-state index in [9.17, 15) is 8.78 Å². The highest BCUT2D eigenvalue weighted by molar-refractivity contribution is 5.66. The third kappa shape index (κ3) is 3.62. The molecule has 1 heterocycles. The highest BCUT2D eigenvalue weighted by atomic mass is 19.1. The fraction of sp³-hybridized carbons (Fsp3) is 0.100. The summed E-state index contributed by atoms with van der Waals surface area (Å²) >= 11 is 0. The molecule has 0 fully saturated rings. The number of benzene rings is 2. The van der Waals surface area contributed by atoms with Crippen molar-refractivity contribution >= 4 is 0 Å². The minimum atomic E-state index is -0.264. The molecule has 0 aliphatic carbocycles. The molecule has 0 saturated carbocycles. The second kappa shape index (κ2) is 6.69. The van der Waals surface area contributed by atoms with Gasteiger partial charge in [-0.3, -0.25) is 4.98 Å². The number of hydrogen-bond acceptors (Lipinski definition) is 1. The van der Waals surface area contributed by atoms with Crippen molar-refractivity contribution in [1.29, 1.82) is 0 Å². The Morgan fingerprint density at radius 2 is 1.43 bits per heavy atom. The van der Waals surface area contributed by atoms with Gasteiger partial charge in [-0.1, -0.05) is 24.3 Å². The largest absolute Gasteiger partial charge is 0.260 e. The van der Waals surface area contributed by atoms with Gasteiger partial charge in [0.05, 0.1) is 0 Å². The van der Waals surface area contributed by atoms with E-state index in [0.717, 1.165) is 27.9 Å². The lowest BCUT2D eigenvalue weighted by Gasteiger charge is -2.10. The minimum absolute atomic E-state index is 0.244. The summed E-state index contributed by atoms with van der Waals surface area (Å²) in [6, 6.07) is 14.8. The quantitative estimate of drug-likeness (QED) is 0.661. The van der Waals surface area contributed by atoms with E-state index < -0.39 is 0 Å². The molecular formula is C20H16F2N. The molecule has 3 heteroatoms. The van der Waals surface area contributed by atoms with Gasteiger partial charge in [0.1, 0.15) is 11.6 Å². The highest BCUT2D eigenvalue weighted by Gasteiger charge is 2.08. The van der Waals surface area contributed by atoms with E-state index in [0.29, 0.717) is 12.8 Å². The van der Waals surface area contributed by atoms with E-state index in [4.69, 9.17) is 0 Å². The van der Waals surface area contributed by atoms with E-state index in [2.05, 4.69) is 11.9 Å². The van der Waals surface area contributed by atoms with Gasteiger partial charge in [0.25, 0.3) is 0 Å². The van der Waals surface area contributed by atoms with Crippen molar-refractivity contribution in [2.45, 2.75) is 12.8 Å². The van der Waals surface area contributed by atoms with Crippen molar-refractivity contribution in [3.8, 4) is 11.1 Å². The number of rotatable bonds is 4. The maximum Gasteiger partial charge on any atom is 0.123 e. The van der Waals surface area contributed by atoms with Crippen LogP contribution in [0.3, 0.4) is 0 Å². The molecule has 0 atom stereocenters. The molecule has 23 heavy (non-hydrogen) atoms. The van der Waals surface area contributed by atoms with Crippen LogP contribution in [0.1, 0.15) is 16.8 Å². The van der Waals surface area contributed by atoms with Crippen molar-refractivity contribution < 1.29 is 8.78 Å². The molecule has 0 saturated heterocycles. The van der Waals surface area contributed by atoms with Crippen LogP contribution in [0, 0.1) is 18.6 Å². The summed E-state index contributed by atoms with van der Waals surface area (Å²) in [6.45, 7) is 3.90. The minimum Gasteiger partial charge on any atom is -0.260 e. The molecule has 1 aromatic heterocycles. The molecular weight excluding hydrogens is 292 g/mol. The molecule has 0 bridgehead atoms. The van der Waals surface area contributed by atoms with Gasteiger partial charge in [0, 0.05) is 17.5 Å². The number of aromatic nitrogens is 1. The van der Waals surface area contributed by atoms with Crippen molar-refractivity contribution in [2.24, 2.45) is 0 Å². The van der Waals surface area contributed by atoms with Crippen LogP contribution in [0.15, 0.2) is 60.8 Å². The Kier molecular flexibility index (Phi) is 4.47. The lowest BCUT2D eigenvalue weighted by Crippen LogP contribution is -1.97. The van der Waals surface area contributed by atoms with Crippen LogP contribution in [0.4, 0.5) is 8.78 Å². The van der Waals surface area contributed by atoms with E-state index in [1.807, 2.05) is 12.3 Å². The van der Waals surface area contributed by atoms with Crippen LogP contribution in [0.5, 0.6) is 0 Å². The first-order chi connectivity index (χ1) is 11.2. The highest BCUT2D eigenvalue weighted by Crippen LogP contribution is 2.25. The van der Waals surface area contributed by atoms with Crippen molar-refractivity contribution in [2.75, 3.05) is 0 Å². The topological polar surface area (TPSA) is 12.9 Å². The molecule has 3 aromatic rings. The van der Waals surface area contributed by atoms with Gasteiger partial charge in [-0.05, 0) is 66.8 Å². The van der Waals surface area contributed by atoms with Crippen LogP contribution in [-0.4, -0.2) is 4.98 Å². The Labute approximate surface area is 134 Å². The lowest BCUT2D eigenvalue weighted by atomic mass is 9.98. The standard InChI is InChI=1S/C20H16F2N/c1-2-20-19(16-5-9-18(22)10-6-16)12-15(13-23-20)11-14-3-7-17(21)8-4-14/h3-10,12-13H,1-2,11H2. The predicted molar refractivity (Wildman–Crippen MR) is 87.9 cm³/mol. The van der Waals surface area contributed by atoms with Crippen LogP contribution >= 0.6 is 0 Å². The average molecular weight is 308 g/mol. The van der Waals surface area contributed by atoms with E-state index in [1.165, 1.54) is 24.3 Å². The molecule has 1 nitrogen and oxygen atoms in total. The predicted octanol–water partition coefficient (Wildman–Crippen LogP) is 4.99. The maximum absolute atomic E-state index is 13.1. The molecule has 0 N–H and O–H groups in total. The number of pyridine rings is 1. The Balaban J connectivity index is 1.95. The summed E-state index contributed by atoms with van der Waals surface area (Å²) in [4.78, 5) is 4.48. The van der Waals surface area contributed by atoms with Crippen molar-refractivity contribution in [3.63, 3.8) is 0 Å². The molecule has 3 rings (SSSR count). The van der Waals surface area contributed by atoms with Crippen LogP contribution in [-0.2, 0) is 12.8 Å². The Hall–Kier alpha value is -2.55.